The van der Waals surface area contributed by atoms with Gasteiger partial charge in [0.25, 0.3) is 5.91 Å². The Labute approximate surface area is 161 Å². The zero-order chi connectivity index (χ0) is 19.6. The Bertz CT molecular complexity index is 634. The Hall–Kier alpha value is -2.37. The molecule has 6 nitrogen and oxygen atoms in total. The summed E-state index contributed by atoms with van der Waals surface area (Å²) < 4.78 is 4.62. The maximum atomic E-state index is 12.3. The number of benzene rings is 1. The summed E-state index contributed by atoms with van der Waals surface area (Å²) in [5, 5.41) is 0. The predicted molar refractivity (Wildman–Crippen MR) is 103 cm³/mol. The van der Waals surface area contributed by atoms with Gasteiger partial charge >= 0.3 is 5.97 Å². The Morgan fingerprint density at radius 1 is 0.963 bits per heavy atom. The molecule has 2 N–H and O–H groups in total. The van der Waals surface area contributed by atoms with Crippen LogP contribution in [0.1, 0.15) is 79.0 Å². The minimum Gasteiger partial charge on any atom is -0.465 e. The normalized spacial score (nSPS) is 19.2. The molecule has 2 rings (SSSR count). The van der Waals surface area contributed by atoms with Crippen molar-refractivity contribution in [2.45, 2.75) is 58.3 Å². The fourth-order valence-electron chi connectivity index (χ4n) is 3.56. The summed E-state index contributed by atoms with van der Waals surface area (Å²) in [5.74, 6) is -0.284. The van der Waals surface area contributed by atoms with E-state index in [1.807, 2.05) is 0 Å². The van der Waals surface area contributed by atoms with Crippen LogP contribution >= 0.6 is 0 Å². The van der Waals surface area contributed by atoms with Crippen LogP contribution in [0.5, 0.6) is 0 Å². The number of rotatable bonds is 7. The molecule has 0 atom stereocenters. The molecule has 6 heteroatoms. The lowest BCUT2D eigenvalue weighted by molar-refractivity contribution is -0.127. The van der Waals surface area contributed by atoms with Crippen molar-refractivity contribution in [1.29, 1.82) is 0 Å². The highest BCUT2D eigenvalue weighted by molar-refractivity contribution is 5.97. The Balaban J connectivity index is 1.74. The third-order valence-corrected chi connectivity index (χ3v) is 5.30. The zero-order valence-electron chi connectivity index (χ0n) is 16.3. The molecular formula is C21H30N2O4. The molecular weight excluding hydrogens is 344 g/mol. The summed E-state index contributed by atoms with van der Waals surface area (Å²) in [5.41, 5.74) is 5.73. The van der Waals surface area contributed by atoms with Crippen molar-refractivity contribution in [1.82, 2.24) is 10.9 Å². The van der Waals surface area contributed by atoms with Gasteiger partial charge in [-0.05, 0) is 55.9 Å². The molecule has 0 spiro atoms. The van der Waals surface area contributed by atoms with Crippen LogP contribution in [0, 0.1) is 11.8 Å². The number of hydrazine groups is 1. The van der Waals surface area contributed by atoms with E-state index in [4.69, 9.17) is 0 Å². The second kappa shape index (κ2) is 10.7. The smallest absolute Gasteiger partial charge is 0.337 e. The first-order valence-electron chi connectivity index (χ1n) is 9.83. The molecule has 0 bridgehead atoms. The van der Waals surface area contributed by atoms with Crippen LogP contribution in [0.2, 0.25) is 0 Å². The average molecular weight is 374 g/mol. The van der Waals surface area contributed by atoms with Gasteiger partial charge in [-0.25, -0.2) is 4.79 Å². The molecule has 148 valence electrons. The standard InChI is InChI=1S/C21H30N2O4/c1-3-4-5-6-15-7-9-16(10-8-15)19(24)22-23-20(25)17-11-13-18(14-12-17)21(26)27-2/h11-16H,3-10H2,1-2H3,(H,22,24)(H,23,25). The van der Waals surface area contributed by atoms with Gasteiger partial charge in [0.05, 0.1) is 12.7 Å². The Morgan fingerprint density at radius 2 is 1.59 bits per heavy atom. The Morgan fingerprint density at radius 3 is 2.19 bits per heavy atom. The molecule has 1 aliphatic rings. The van der Waals surface area contributed by atoms with Crippen molar-refractivity contribution in [3.05, 3.63) is 35.4 Å². The summed E-state index contributed by atoms with van der Waals surface area (Å²) >= 11 is 0. The SMILES string of the molecule is CCCCCC1CCC(C(=O)NNC(=O)c2ccc(C(=O)OC)cc2)CC1. The second-order valence-corrected chi connectivity index (χ2v) is 7.23. The van der Waals surface area contributed by atoms with E-state index in [-0.39, 0.29) is 11.8 Å². The molecule has 1 saturated carbocycles. The van der Waals surface area contributed by atoms with Crippen LogP contribution < -0.4 is 10.9 Å². The third kappa shape index (κ3) is 6.38. The van der Waals surface area contributed by atoms with Crippen molar-refractivity contribution in [3.63, 3.8) is 0 Å². The number of nitrogens with one attached hydrogen (secondary N) is 2. The fourth-order valence-corrected chi connectivity index (χ4v) is 3.56. The Kier molecular flexibility index (Phi) is 8.30. The molecule has 0 unspecified atom stereocenters. The van der Waals surface area contributed by atoms with Gasteiger partial charge in [0.15, 0.2) is 0 Å². The van der Waals surface area contributed by atoms with E-state index >= 15 is 0 Å². The monoisotopic (exact) mass is 374 g/mol. The van der Waals surface area contributed by atoms with E-state index in [0.29, 0.717) is 11.1 Å². The first-order chi connectivity index (χ1) is 13.0. The molecule has 0 aliphatic heterocycles. The van der Waals surface area contributed by atoms with E-state index in [9.17, 15) is 14.4 Å². The number of ether oxygens (including phenoxy) is 1. The van der Waals surface area contributed by atoms with Gasteiger partial charge in [-0.3, -0.25) is 20.4 Å². The quantitative estimate of drug-likeness (QED) is 0.434. The predicted octanol–water partition coefficient (Wildman–Crippen LogP) is 3.62. The third-order valence-electron chi connectivity index (χ3n) is 5.30. The van der Waals surface area contributed by atoms with E-state index in [1.165, 1.54) is 57.1 Å². The molecule has 2 amide bonds. The minimum atomic E-state index is -0.458. The lowest BCUT2D eigenvalue weighted by Gasteiger charge is -2.27. The van der Waals surface area contributed by atoms with Gasteiger partial charge in [-0.1, -0.05) is 32.6 Å². The molecule has 0 saturated heterocycles. The number of hydrogen-bond donors (Lipinski definition) is 2. The van der Waals surface area contributed by atoms with Crippen LogP contribution in [0.4, 0.5) is 0 Å². The van der Waals surface area contributed by atoms with Gasteiger partial charge in [0.2, 0.25) is 5.91 Å². The second-order valence-electron chi connectivity index (χ2n) is 7.23. The molecule has 27 heavy (non-hydrogen) atoms. The highest BCUT2D eigenvalue weighted by atomic mass is 16.5. The topological polar surface area (TPSA) is 84.5 Å². The van der Waals surface area contributed by atoms with Crippen LogP contribution in [0.3, 0.4) is 0 Å². The van der Waals surface area contributed by atoms with E-state index in [1.54, 1.807) is 0 Å². The van der Waals surface area contributed by atoms with Crippen molar-refractivity contribution in [2.75, 3.05) is 7.11 Å². The van der Waals surface area contributed by atoms with Crippen LogP contribution in [-0.2, 0) is 9.53 Å². The highest BCUT2D eigenvalue weighted by Crippen LogP contribution is 2.32. The number of esters is 1. The van der Waals surface area contributed by atoms with Crippen molar-refractivity contribution < 1.29 is 19.1 Å². The van der Waals surface area contributed by atoms with Crippen molar-refractivity contribution in [3.8, 4) is 0 Å². The van der Waals surface area contributed by atoms with Crippen molar-refractivity contribution >= 4 is 17.8 Å². The number of carbonyl (C=O) groups excluding carboxylic acids is 3. The molecule has 0 radical (unpaired) electrons. The summed E-state index contributed by atoms with van der Waals surface area (Å²) in [7, 11) is 1.30. The first kappa shape index (κ1) is 20.9. The van der Waals surface area contributed by atoms with E-state index in [0.717, 1.165) is 31.6 Å². The summed E-state index contributed by atoms with van der Waals surface area (Å²) in [4.78, 5) is 35.8. The number of amides is 2. The lowest BCUT2D eigenvalue weighted by atomic mass is 9.79. The van der Waals surface area contributed by atoms with Crippen LogP contribution in [0.25, 0.3) is 0 Å². The molecule has 1 aromatic carbocycles. The fraction of sp³-hybridized carbons (Fsp3) is 0.571. The molecule has 1 fully saturated rings. The molecule has 0 aromatic heterocycles. The highest BCUT2D eigenvalue weighted by Gasteiger charge is 2.26. The van der Waals surface area contributed by atoms with Gasteiger partial charge in [-0.15, -0.1) is 0 Å². The first-order valence-corrected chi connectivity index (χ1v) is 9.83. The number of hydrogen-bond acceptors (Lipinski definition) is 4. The summed E-state index contributed by atoms with van der Waals surface area (Å²) in [6.07, 6.45) is 9.01. The number of methoxy groups -OCH3 is 1. The van der Waals surface area contributed by atoms with E-state index < -0.39 is 11.9 Å². The van der Waals surface area contributed by atoms with Gasteiger partial charge in [0, 0.05) is 11.5 Å². The number of unbranched alkanes of at least 4 members (excludes halogenated alkanes) is 2. The average Bonchev–Trinajstić information content (AvgIpc) is 2.72. The lowest BCUT2D eigenvalue weighted by Crippen LogP contribution is -2.45. The number of carbonyl (C=O) groups is 3. The summed E-state index contributed by atoms with van der Waals surface area (Å²) in [6, 6.07) is 6.08. The largest absolute Gasteiger partial charge is 0.465 e. The molecule has 0 heterocycles. The van der Waals surface area contributed by atoms with Gasteiger partial charge in [-0.2, -0.15) is 0 Å². The molecule has 1 aliphatic carbocycles. The maximum absolute atomic E-state index is 12.3. The van der Waals surface area contributed by atoms with E-state index in [2.05, 4.69) is 22.5 Å². The zero-order valence-corrected chi connectivity index (χ0v) is 16.3. The van der Waals surface area contributed by atoms with Gasteiger partial charge in [0.1, 0.15) is 0 Å². The maximum Gasteiger partial charge on any atom is 0.337 e. The molecule has 1 aromatic rings. The van der Waals surface area contributed by atoms with Crippen LogP contribution in [0.15, 0.2) is 24.3 Å². The summed E-state index contributed by atoms with van der Waals surface area (Å²) in [6.45, 7) is 2.21. The minimum absolute atomic E-state index is 0.0329. The van der Waals surface area contributed by atoms with Crippen molar-refractivity contribution in [2.24, 2.45) is 11.8 Å². The van der Waals surface area contributed by atoms with Crippen LogP contribution in [-0.4, -0.2) is 24.9 Å². The van der Waals surface area contributed by atoms with Gasteiger partial charge < -0.3 is 4.74 Å².